The van der Waals surface area contributed by atoms with Crippen molar-refractivity contribution in [3.63, 3.8) is 0 Å². The minimum atomic E-state index is -1.77. The normalized spacial score (nSPS) is 56.1. The third kappa shape index (κ3) is 11.6. The lowest BCUT2D eigenvalue weighted by molar-refractivity contribution is -0.372. The molecule has 0 aromatic rings. The molecule has 468 valence electrons. The fourth-order valence-electron chi connectivity index (χ4n) is 16.6. The topological polar surface area (TPSA) is 394 Å². The lowest BCUT2D eigenvalue weighted by Crippen LogP contribution is -2.64. The summed E-state index contributed by atoms with van der Waals surface area (Å²) >= 11 is 0. The van der Waals surface area contributed by atoms with E-state index in [0.717, 1.165) is 44.9 Å². The highest BCUT2D eigenvalue weighted by Crippen LogP contribution is 2.71. The Morgan fingerprint density at radius 1 is 0.568 bits per heavy atom. The maximum Gasteiger partial charge on any atom is 0.187 e. The van der Waals surface area contributed by atoms with Crippen LogP contribution in [0, 0.1) is 46.3 Å². The molecule has 26 heteroatoms. The molecule has 35 atom stereocenters. The Hall–Kier alpha value is -1.04. The molecular formula is C55H92O26. The largest absolute Gasteiger partial charge is 0.394 e. The summed E-state index contributed by atoms with van der Waals surface area (Å²) in [4.78, 5) is 0. The van der Waals surface area contributed by atoms with Crippen molar-refractivity contribution >= 4 is 0 Å². The summed E-state index contributed by atoms with van der Waals surface area (Å²) in [5.74, 6) is 1.29. The zero-order valence-corrected chi connectivity index (χ0v) is 47.0. The maximum absolute atomic E-state index is 11.3. The number of hydrogen-bond acceptors (Lipinski definition) is 26. The summed E-state index contributed by atoms with van der Waals surface area (Å²) in [6.07, 6.45) is -26.6. The molecule has 0 radical (unpaired) electrons. The lowest BCUT2D eigenvalue weighted by atomic mass is 9.44. The van der Waals surface area contributed by atoms with Gasteiger partial charge in [0.05, 0.1) is 50.8 Å². The third-order valence-corrected chi connectivity index (χ3v) is 21.4. The maximum atomic E-state index is 11.3. The van der Waals surface area contributed by atoms with Crippen LogP contribution < -0.4 is 0 Å². The van der Waals surface area contributed by atoms with Crippen LogP contribution in [-0.2, 0) is 56.8 Å². The molecule has 4 saturated carbocycles. The number of ether oxygens (including phenoxy) is 12. The first-order valence-electron chi connectivity index (χ1n) is 29.5. The number of methoxy groups -OCH3 is 1. The summed E-state index contributed by atoms with van der Waals surface area (Å²) in [5.41, 5.74) is 0.0701. The van der Waals surface area contributed by atoms with Crippen molar-refractivity contribution in [2.45, 2.75) is 264 Å². The van der Waals surface area contributed by atoms with E-state index in [0.29, 0.717) is 42.9 Å². The second kappa shape index (κ2) is 24.9. The standard InChI is InChI=1S/C55H92O26/c1-21(74-50-43(67)39(63)37(61)32(17-56)77-50)9-14-55(70-6)22(2)34-31(81-55)16-28-26-8-7-24-15-25(10-12-53(24,4)27(26)11-13-54(28,34)5)76-51-44(68)40(64)38(62)33(78-51)20-73-48-45(69)41(65)46(23(3)75-48)79-52-47(36(60)30(58)19-72-52)80-49-42(66)35(59)29(57)18-71-49/h21-52,56-69H,7-20H2,1-6H3/t21-,22+,23+,24-,25-,26-,27+,28-,29-,30+,31+,32-,33-,34+,35+,36+,37-,38-,39+,40+,41+,42-,43-,44-,45-,46+,47-,48-,49+,50-,51-,52+,53-,54-,55+/m1/s1. The Labute approximate surface area is 471 Å². The number of hydrogen-bond donors (Lipinski definition) is 14. The van der Waals surface area contributed by atoms with Gasteiger partial charge in [-0.1, -0.05) is 20.8 Å². The van der Waals surface area contributed by atoms with Crippen LogP contribution in [0.4, 0.5) is 0 Å². The Bertz CT molecular complexity index is 2070. The van der Waals surface area contributed by atoms with Crippen LogP contribution in [0.1, 0.15) is 98.8 Å². The van der Waals surface area contributed by atoms with Crippen molar-refractivity contribution in [2.75, 3.05) is 33.5 Å². The number of aliphatic hydroxyl groups is 14. The molecule has 0 aromatic heterocycles. The minimum absolute atomic E-state index is 0.0129. The first kappa shape index (κ1) is 63.0. The van der Waals surface area contributed by atoms with Gasteiger partial charge in [-0.3, -0.25) is 0 Å². The quantitative estimate of drug-likeness (QED) is 0.0669. The molecule has 0 spiro atoms. The van der Waals surface area contributed by atoms with Crippen molar-refractivity contribution < 1.29 is 128 Å². The number of rotatable bonds is 16. The van der Waals surface area contributed by atoms with E-state index in [9.17, 15) is 71.5 Å². The zero-order chi connectivity index (χ0) is 58.4. The molecule has 0 amide bonds. The van der Waals surface area contributed by atoms with E-state index in [-0.39, 0.29) is 34.9 Å². The molecule has 6 aliphatic heterocycles. The highest BCUT2D eigenvalue weighted by molar-refractivity contribution is 5.15. The van der Waals surface area contributed by atoms with Gasteiger partial charge in [0.25, 0.3) is 0 Å². The van der Waals surface area contributed by atoms with E-state index in [4.69, 9.17) is 56.8 Å². The van der Waals surface area contributed by atoms with Crippen LogP contribution in [0.5, 0.6) is 0 Å². The molecule has 6 saturated heterocycles. The van der Waals surface area contributed by atoms with Gasteiger partial charge in [0.1, 0.15) is 104 Å². The first-order valence-corrected chi connectivity index (χ1v) is 29.5. The minimum Gasteiger partial charge on any atom is -0.394 e. The van der Waals surface area contributed by atoms with Crippen LogP contribution in [0.25, 0.3) is 0 Å². The average Bonchev–Trinajstić information content (AvgIpc) is 2.51. The molecule has 0 unspecified atom stereocenters. The van der Waals surface area contributed by atoms with Gasteiger partial charge >= 0.3 is 0 Å². The Kier molecular flexibility index (Phi) is 19.3. The first-order chi connectivity index (χ1) is 38.4. The summed E-state index contributed by atoms with van der Waals surface area (Å²) in [7, 11) is 1.69. The summed E-state index contributed by atoms with van der Waals surface area (Å²) in [5, 5.41) is 148. The molecule has 10 aliphatic rings. The summed E-state index contributed by atoms with van der Waals surface area (Å²) in [6, 6.07) is 0. The van der Waals surface area contributed by atoms with Crippen LogP contribution in [0.15, 0.2) is 0 Å². The molecule has 0 bridgehead atoms. The Morgan fingerprint density at radius 2 is 1.19 bits per heavy atom. The monoisotopic (exact) mass is 1170 g/mol. The molecule has 81 heavy (non-hydrogen) atoms. The highest BCUT2D eigenvalue weighted by Gasteiger charge is 2.69. The van der Waals surface area contributed by atoms with Gasteiger partial charge in [-0.25, -0.2) is 0 Å². The van der Waals surface area contributed by atoms with E-state index in [1.165, 1.54) is 6.92 Å². The van der Waals surface area contributed by atoms with E-state index >= 15 is 0 Å². The van der Waals surface area contributed by atoms with Gasteiger partial charge in [0.2, 0.25) is 0 Å². The molecule has 14 N–H and O–H groups in total. The molecule has 0 aromatic carbocycles. The van der Waals surface area contributed by atoms with E-state index in [1.807, 2.05) is 6.92 Å². The molecule has 10 rings (SSSR count). The smallest absolute Gasteiger partial charge is 0.187 e. The fraction of sp³-hybridized carbons (Fsp3) is 1.00. The van der Waals surface area contributed by atoms with E-state index in [2.05, 4.69) is 20.8 Å². The van der Waals surface area contributed by atoms with Crippen molar-refractivity contribution in [1.82, 2.24) is 0 Å². The van der Waals surface area contributed by atoms with Crippen molar-refractivity contribution in [3.8, 4) is 0 Å². The predicted molar refractivity (Wildman–Crippen MR) is 271 cm³/mol. The van der Waals surface area contributed by atoms with Gasteiger partial charge in [-0.05, 0) is 112 Å². The van der Waals surface area contributed by atoms with E-state index in [1.54, 1.807) is 7.11 Å². The van der Waals surface area contributed by atoms with Gasteiger partial charge < -0.3 is 128 Å². The molecule has 26 nitrogen and oxygen atoms in total. The predicted octanol–water partition coefficient (Wildman–Crippen LogP) is -3.42. The van der Waals surface area contributed by atoms with Crippen molar-refractivity contribution in [2.24, 2.45) is 46.3 Å². The highest BCUT2D eigenvalue weighted by atomic mass is 16.8. The van der Waals surface area contributed by atoms with E-state index < -0.39 is 180 Å². The Balaban J connectivity index is 0.708. The molecule has 4 aliphatic carbocycles. The summed E-state index contributed by atoms with van der Waals surface area (Å²) in [6.45, 7) is 8.62. The second-order valence-electron chi connectivity index (χ2n) is 25.9. The van der Waals surface area contributed by atoms with Gasteiger partial charge in [-0.2, -0.15) is 0 Å². The zero-order valence-electron chi connectivity index (χ0n) is 47.0. The third-order valence-electron chi connectivity index (χ3n) is 21.4. The summed E-state index contributed by atoms with van der Waals surface area (Å²) < 4.78 is 71.9. The van der Waals surface area contributed by atoms with Crippen LogP contribution in [0.3, 0.4) is 0 Å². The number of fused-ring (bicyclic) bond motifs is 7. The van der Waals surface area contributed by atoms with Gasteiger partial charge in [0, 0.05) is 19.4 Å². The van der Waals surface area contributed by atoms with Crippen LogP contribution in [-0.4, -0.2) is 270 Å². The van der Waals surface area contributed by atoms with Gasteiger partial charge in [0.15, 0.2) is 37.2 Å². The molecule has 6 heterocycles. The Morgan fingerprint density at radius 3 is 1.89 bits per heavy atom. The molecule has 10 fully saturated rings. The van der Waals surface area contributed by atoms with Crippen LogP contribution >= 0.6 is 0 Å². The lowest BCUT2D eigenvalue weighted by Gasteiger charge is -2.61. The second-order valence-corrected chi connectivity index (χ2v) is 25.9. The van der Waals surface area contributed by atoms with Gasteiger partial charge in [-0.15, -0.1) is 0 Å². The molecular weight excluding hydrogens is 1080 g/mol. The number of aliphatic hydroxyl groups excluding tert-OH is 14. The SMILES string of the molecule is CO[C@@]1(CC[C@@H](C)O[C@@H]2O[C@H](CO)[C@@H](O)[C@H](O)[C@H]2O)O[C@H]2C[C@@H]3[C@@H]4CC[C@@H]5C[C@H](O[C@@H]6O[C@H](CO[C@@H]7O[C@@H](C)[C@H](O[C@@H]8OC[C@H](O)[C@H](O)[C@H]8O[C@@H]8OC[C@@H](O)[C@H](O)[C@H]8O)[C@@H](O)[C@H]7O)[C@@H](O)[C@H](O)[C@H]6O)CC[C@@]5(C)[C@H]4CC[C@@]3(C)[C@H]2[C@@H]1C. The average molecular weight is 1170 g/mol. The van der Waals surface area contributed by atoms with Crippen molar-refractivity contribution in [1.29, 1.82) is 0 Å². The fourth-order valence-corrected chi connectivity index (χ4v) is 16.6. The van der Waals surface area contributed by atoms with Crippen molar-refractivity contribution in [3.05, 3.63) is 0 Å². The van der Waals surface area contributed by atoms with Crippen LogP contribution in [0.2, 0.25) is 0 Å².